The average molecular weight is 556 g/mol. The van der Waals surface area contributed by atoms with Crippen LogP contribution < -0.4 is 10.6 Å². The Kier molecular flexibility index (Phi) is 7.39. The van der Waals surface area contributed by atoms with Crippen molar-refractivity contribution in [1.82, 2.24) is 20.1 Å². The lowest BCUT2D eigenvalue weighted by atomic mass is 10.1. The van der Waals surface area contributed by atoms with Gasteiger partial charge in [0.05, 0.1) is 58.5 Å². The fourth-order valence-electron chi connectivity index (χ4n) is 3.91. The number of hydrogen-bond donors (Lipinski definition) is 3. The summed E-state index contributed by atoms with van der Waals surface area (Å²) in [5, 5.41) is 20.1. The number of hydrogen-bond acceptors (Lipinski definition) is 6. The number of pyridine rings is 1. The van der Waals surface area contributed by atoms with Crippen molar-refractivity contribution in [3.63, 3.8) is 0 Å². The maximum absolute atomic E-state index is 13.4. The number of anilines is 1. The maximum atomic E-state index is 13.4. The van der Waals surface area contributed by atoms with Crippen LogP contribution in [0.3, 0.4) is 0 Å². The number of carbonyl (C=O) groups excluding carboxylic acids is 2. The van der Waals surface area contributed by atoms with Gasteiger partial charge in [0.1, 0.15) is 11.6 Å². The summed E-state index contributed by atoms with van der Waals surface area (Å²) in [4.78, 5) is 30.3. The molecule has 2 aromatic carbocycles. The van der Waals surface area contributed by atoms with Gasteiger partial charge in [-0.2, -0.15) is 5.10 Å². The molecule has 1 saturated heterocycles. The topological polar surface area (TPSA) is 118 Å². The van der Waals surface area contributed by atoms with E-state index in [1.54, 1.807) is 24.3 Å². The second-order valence-corrected chi connectivity index (χ2v) is 9.29. The molecule has 38 heavy (non-hydrogen) atoms. The first-order valence-electron chi connectivity index (χ1n) is 11.4. The molecule has 2 atom stereocenters. The van der Waals surface area contributed by atoms with E-state index in [0.29, 0.717) is 16.9 Å². The molecule has 3 heterocycles. The summed E-state index contributed by atoms with van der Waals surface area (Å²) in [6, 6.07) is 15.3. The van der Waals surface area contributed by atoms with E-state index >= 15 is 0 Å². The van der Waals surface area contributed by atoms with Gasteiger partial charge < -0.3 is 20.5 Å². The Labute approximate surface area is 226 Å². The molecule has 0 aliphatic carbocycles. The number of halogens is 3. The van der Waals surface area contributed by atoms with Crippen molar-refractivity contribution in [3.8, 4) is 16.9 Å². The minimum absolute atomic E-state index is 0.0154. The van der Waals surface area contributed by atoms with Crippen LogP contribution >= 0.6 is 23.2 Å². The third-order valence-corrected chi connectivity index (χ3v) is 6.48. The highest BCUT2D eigenvalue weighted by molar-refractivity contribution is 6.38. The van der Waals surface area contributed by atoms with Crippen LogP contribution in [0.1, 0.15) is 20.8 Å². The Hall–Kier alpha value is -3.83. The Morgan fingerprint density at radius 2 is 1.82 bits per heavy atom. The van der Waals surface area contributed by atoms with Crippen LogP contribution in [0.2, 0.25) is 10.0 Å². The lowest BCUT2D eigenvalue weighted by Gasteiger charge is -2.13. The summed E-state index contributed by atoms with van der Waals surface area (Å²) in [7, 11) is 0. The molecule has 3 N–H and O–H groups in total. The van der Waals surface area contributed by atoms with E-state index < -0.39 is 29.8 Å². The fourth-order valence-corrected chi connectivity index (χ4v) is 4.47. The standard InChI is InChI=1S/C26H20Cl2FN5O4/c27-18-9-19(28)17(8-16(18)20-7-6-14(29)11-30-20)25(36)32-24-10-21(26(37)31-22-12-38-13-23(22)35)33-34(24)15-4-2-1-3-5-15/h1-11,22-23,35H,12-13H2,(H,31,37)(H,32,36)/t22-,23-/m0/s1. The Morgan fingerprint density at radius 3 is 2.50 bits per heavy atom. The predicted octanol–water partition coefficient (Wildman–Crippen LogP) is 4.12. The van der Waals surface area contributed by atoms with Crippen molar-refractivity contribution in [2.45, 2.75) is 12.1 Å². The van der Waals surface area contributed by atoms with Gasteiger partial charge in [-0.15, -0.1) is 0 Å². The van der Waals surface area contributed by atoms with Crippen LogP contribution in [-0.4, -0.2) is 57.0 Å². The van der Waals surface area contributed by atoms with Gasteiger partial charge in [0.2, 0.25) is 0 Å². The maximum Gasteiger partial charge on any atom is 0.272 e. The highest BCUT2D eigenvalue weighted by atomic mass is 35.5. The smallest absolute Gasteiger partial charge is 0.272 e. The van der Waals surface area contributed by atoms with Crippen molar-refractivity contribution in [3.05, 3.63) is 94.0 Å². The molecular formula is C26H20Cl2FN5O4. The second-order valence-electron chi connectivity index (χ2n) is 8.47. The normalized spacial score (nSPS) is 16.8. The quantitative estimate of drug-likeness (QED) is 0.329. The SMILES string of the molecule is O=C(N[C@H]1COC[C@@H]1O)c1cc(NC(=O)c2cc(-c3ccc(F)cn3)c(Cl)cc2Cl)n(-c2ccccc2)n1. The van der Waals surface area contributed by atoms with Crippen LogP contribution in [-0.2, 0) is 4.74 Å². The predicted molar refractivity (Wildman–Crippen MR) is 139 cm³/mol. The van der Waals surface area contributed by atoms with Gasteiger partial charge in [-0.3, -0.25) is 14.6 Å². The van der Waals surface area contributed by atoms with Crippen molar-refractivity contribution >= 4 is 40.8 Å². The first kappa shape index (κ1) is 25.8. The number of para-hydroxylation sites is 1. The molecule has 1 aliphatic heterocycles. The Balaban J connectivity index is 1.47. The van der Waals surface area contributed by atoms with Crippen LogP contribution in [0.5, 0.6) is 0 Å². The zero-order chi connectivity index (χ0) is 26.8. The molecule has 1 fully saturated rings. The van der Waals surface area contributed by atoms with Gasteiger partial charge in [0, 0.05) is 11.6 Å². The van der Waals surface area contributed by atoms with Crippen molar-refractivity contribution in [2.24, 2.45) is 0 Å². The molecule has 0 spiro atoms. The van der Waals surface area contributed by atoms with Crippen LogP contribution in [0, 0.1) is 5.82 Å². The van der Waals surface area contributed by atoms with E-state index in [1.807, 2.05) is 6.07 Å². The molecule has 2 amide bonds. The minimum atomic E-state index is -0.828. The molecule has 0 bridgehead atoms. The zero-order valence-electron chi connectivity index (χ0n) is 19.6. The third-order valence-electron chi connectivity index (χ3n) is 5.86. The molecule has 5 rings (SSSR count). The van der Waals surface area contributed by atoms with Gasteiger partial charge in [0.25, 0.3) is 11.8 Å². The van der Waals surface area contributed by atoms with E-state index in [4.69, 9.17) is 27.9 Å². The summed E-state index contributed by atoms with van der Waals surface area (Å²) in [5.41, 5.74) is 1.42. The molecule has 9 nitrogen and oxygen atoms in total. The van der Waals surface area contributed by atoms with Crippen molar-refractivity contribution in [1.29, 1.82) is 0 Å². The van der Waals surface area contributed by atoms with Gasteiger partial charge in [-0.25, -0.2) is 9.07 Å². The molecule has 4 aromatic rings. The van der Waals surface area contributed by atoms with Gasteiger partial charge in [0.15, 0.2) is 5.69 Å². The minimum Gasteiger partial charge on any atom is -0.388 e. The largest absolute Gasteiger partial charge is 0.388 e. The first-order valence-corrected chi connectivity index (χ1v) is 12.2. The lowest BCUT2D eigenvalue weighted by molar-refractivity contribution is 0.0881. The summed E-state index contributed by atoms with van der Waals surface area (Å²) in [6.45, 7) is 0.304. The summed E-state index contributed by atoms with van der Waals surface area (Å²) in [6.07, 6.45) is 0.216. The number of nitrogens with zero attached hydrogens (tertiary/aromatic N) is 3. The molecule has 12 heteroatoms. The van der Waals surface area contributed by atoms with Crippen LogP contribution in [0.4, 0.5) is 10.2 Å². The number of aromatic nitrogens is 3. The highest BCUT2D eigenvalue weighted by Crippen LogP contribution is 2.32. The van der Waals surface area contributed by atoms with E-state index in [9.17, 15) is 19.1 Å². The lowest BCUT2D eigenvalue weighted by Crippen LogP contribution is -2.42. The summed E-state index contributed by atoms with van der Waals surface area (Å²) in [5.74, 6) is -1.46. The van der Waals surface area contributed by atoms with E-state index in [0.717, 1.165) is 6.20 Å². The first-order chi connectivity index (χ1) is 18.3. The van der Waals surface area contributed by atoms with Crippen LogP contribution in [0.15, 0.2) is 66.9 Å². The van der Waals surface area contributed by atoms with Gasteiger partial charge in [-0.05, 0) is 36.4 Å². The number of amides is 2. The summed E-state index contributed by atoms with van der Waals surface area (Å²) >= 11 is 12.7. The number of aliphatic hydroxyl groups excluding tert-OH is 1. The fraction of sp³-hybridized carbons (Fsp3) is 0.154. The number of ether oxygens (including phenoxy) is 1. The molecule has 2 aromatic heterocycles. The second kappa shape index (κ2) is 10.9. The van der Waals surface area contributed by atoms with Gasteiger partial charge in [-0.1, -0.05) is 41.4 Å². The van der Waals surface area contributed by atoms with Crippen molar-refractivity contribution in [2.75, 3.05) is 18.5 Å². The Bertz CT molecular complexity index is 1500. The van der Waals surface area contributed by atoms with Crippen LogP contribution in [0.25, 0.3) is 16.9 Å². The average Bonchev–Trinajstić information content (AvgIpc) is 3.51. The number of benzene rings is 2. The molecule has 194 valence electrons. The van der Waals surface area contributed by atoms with E-state index in [-0.39, 0.29) is 40.3 Å². The summed E-state index contributed by atoms with van der Waals surface area (Å²) < 4.78 is 19.9. The number of carbonyl (C=O) groups is 2. The molecular weight excluding hydrogens is 536 g/mol. The molecule has 0 unspecified atom stereocenters. The van der Waals surface area contributed by atoms with E-state index in [1.165, 1.54) is 35.0 Å². The number of aliphatic hydroxyl groups is 1. The van der Waals surface area contributed by atoms with Gasteiger partial charge >= 0.3 is 0 Å². The number of nitrogens with one attached hydrogen (secondary N) is 2. The molecule has 1 aliphatic rings. The zero-order valence-corrected chi connectivity index (χ0v) is 21.1. The van der Waals surface area contributed by atoms with Crippen molar-refractivity contribution < 1.29 is 23.8 Å². The third kappa shape index (κ3) is 5.39. The molecule has 0 radical (unpaired) electrons. The van der Waals surface area contributed by atoms with E-state index in [2.05, 4.69) is 20.7 Å². The monoisotopic (exact) mass is 555 g/mol. The number of rotatable bonds is 6. The molecule has 0 saturated carbocycles. The highest BCUT2D eigenvalue weighted by Gasteiger charge is 2.29. The Morgan fingerprint density at radius 1 is 1.03 bits per heavy atom.